The van der Waals surface area contributed by atoms with Gasteiger partial charge in [-0.3, -0.25) is 0 Å². The number of nitrogens with two attached hydrogens (primary N) is 1. The first kappa shape index (κ1) is 14.1. The van der Waals surface area contributed by atoms with E-state index in [1.54, 1.807) is 0 Å². The van der Waals surface area contributed by atoms with Crippen molar-refractivity contribution in [2.75, 3.05) is 6.54 Å². The maximum absolute atomic E-state index is 12.8. The first-order chi connectivity index (χ1) is 8.91. The molecule has 19 heavy (non-hydrogen) atoms. The first-order valence-corrected chi connectivity index (χ1v) is 6.23. The summed E-state index contributed by atoms with van der Waals surface area (Å²) in [5.74, 6) is 0.704. The monoisotopic (exact) mass is 334 g/mol. The summed E-state index contributed by atoms with van der Waals surface area (Å²) in [5.41, 5.74) is 4.93. The summed E-state index contributed by atoms with van der Waals surface area (Å²) in [6.07, 6.45) is -2.58. The van der Waals surface area contributed by atoms with Crippen molar-refractivity contribution in [2.45, 2.75) is 12.6 Å². The fourth-order valence-electron chi connectivity index (χ4n) is 1.58. The molecule has 7 heteroatoms. The van der Waals surface area contributed by atoms with Gasteiger partial charge in [0.2, 0.25) is 0 Å². The van der Waals surface area contributed by atoms with Crippen LogP contribution in [0.3, 0.4) is 0 Å². The van der Waals surface area contributed by atoms with E-state index in [1.165, 1.54) is 18.3 Å². The number of aromatic nitrogens is 1. The lowest BCUT2D eigenvalue weighted by molar-refractivity contribution is -0.138. The smallest absolute Gasteiger partial charge is 0.417 e. The third kappa shape index (κ3) is 3.16. The molecule has 102 valence electrons. The van der Waals surface area contributed by atoms with Crippen LogP contribution in [0.25, 0.3) is 11.3 Å². The number of alkyl halides is 3. The van der Waals surface area contributed by atoms with Gasteiger partial charge in [-0.25, -0.2) is 4.98 Å². The highest BCUT2D eigenvalue weighted by Crippen LogP contribution is 2.37. The third-order valence-corrected chi connectivity index (χ3v) is 3.16. The van der Waals surface area contributed by atoms with Gasteiger partial charge in [-0.1, -0.05) is 22.0 Å². The number of hydrogen-bond acceptors (Lipinski definition) is 3. The molecule has 1 heterocycles. The Morgan fingerprint density at radius 2 is 2.05 bits per heavy atom. The van der Waals surface area contributed by atoms with E-state index in [0.29, 0.717) is 30.2 Å². The van der Waals surface area contributed by atoms with Crippen molar-refractivity contribution in [3.05, 3.63) is 40.3 Å². The van der Waals surface area contributed by atoms with Gasteiger partial charge in [0.15, 0.2) is 11.7 Å². The van der Waals surface area contributed by atoms with Crippen molar-refractivity contribution in [3.8, 4) is 11.3 Å². The molecule has 0 amide bonds. The molecule has 3 nitrogen and oxygen atoms in total. The molecule has 2 aromatic rings. The maximum atomic E-state index is 12.8. The molecule has 0 saturated carbocycles. The SMILES string of the molecule is NCCc1ncc(-c2ccc(Br)c(C(F)(F)F)c2)o1. The van der Waals surface area contributed by atoms with Crippen LogP contribution in [0, 0.1) is 0 Å². The Kier molecular flexibility index (Phi) is 3.96. The molecule has 2 rings (SSSR count). The molecule has 0 saturated heterocycles. The van der Waals surface area contributed by atoms with Gasteiger partial charge >= 0.3 is 6.18 Å². The van der Waals surface area contributed by atoms with Crippen molar-refractivity contribution in [1.29, 1.82) is 0 Å². The Labute approximate surface area is 115 Å². The van der Waals surface area contributed by atoms with Gasteiger partial charge in [0, 0.05) is 23.0 Å². The van der Waals surface area contributed by atoms with Gasteiger partial charge in [0.05, 0.1) is 11.8 Å². The van der Waals surface area contributed by atoms with Crippen LogP contribution in [0.15, 0.2) is 33.3 Å². The number of benzene rings is 1. The number of hydrogen-bond donors (Lipinski definition) is 1. The molecule has 0 aliphatic carbocycles. The number of rotatable bonds is 3. The highest BCUT2D eigenvalue weighted by Gasteiger charge is 2.33. The van der Waals surface area contributed by atoms with Crippen molar-refractivity contribution in [1.82, 2.24) is 4.98 Å². The molecule has 0 atom stereocenters. The highest BCUT2D eigenvalue weighted by molar-refractivity contribution is 9.10. The predicted molar refractivity (Wildman–Crippen MR) is 67.4 cm³/mol. The minimum atomic E-state index is -4.42. The van der Waals surface area contributed by atoms with Crippen molar-refractivity contribution in [2.24, 2.45) is 5.73 Å². The number of halogens is 4. The summed E-state index contributed by atoms with van der Waals surface area (Å²) >= 11 is 2.89. The lowest BCUT2D eigenvalue weighted by Crippen LogP contribution is -2.06. The van der Waals surface area contributed by atoms with E-state index in [0.717, 1.165) is 6.07 Å². The molecular weight excluding hydrogens is 325 g/mol. The van der Waals surface area contributed by atoms with Gasteiger partial charge in [-0.2, -0.15) is 13.2 Å². The van der Waals surface area contributed by atoms with Gasteiger partial charge in [-0.15, -0.1) is 0 Å². The van der Waals surface area contributed by atoms with Gasteiger partial charge in [0.25, 0.3) is 0 Å². The van der Waals surface area contributed by atoms with Crippen LogP contribution < -0.4 is 5.73 Å². The molecule has 0 fully saturated rings. The van der Waals surface area contributed by atoms with Gasteiger partial charge in [0.1, 0.15) is 0 Å². The largest absolute Gasteiger partial charge is 0.441 e. The fourth-order valence-corrected chi connectivity index (χ4v) is 2.05. The summed E-state index contributed by atoms with van der Waals surface area (Å²) in [6.45, 7) is 0.369. The second-order valence-corrected chi connectivity index (χ2v) is 4.70. The Bertz CT molecular complexity index is 581. The van der Waals surface area contributed by atoms with Gasteiger partial charge < -0.3 is 10.2 Å². The first-order valence-electron chi connectivity index (χ1n) is 5.43. The maximum Gasteiger partial charge on any atom is 0.417 e. The lowest BCUT2D eigenvalue weighted by Gasteiger charge is -2.09. The Hall–Kier alpha value is -1.34. The normalized spacial score (nSPS) is 11.8. The molecule has 0 radical (unpaired) electrons. The van der Waals surface area contributed by atoms with Gasteiger partial charge in [-0.05, 0) is 12.1 Å². The molecule has 2 N–H and O–H groups in total. The fraction of sp³-hybridized carbons (Fsp3) is 0.250. The quantitative estimate of drug-likeness (QED) is 0.932. The Balaban J connectivity index is 2.39. The van der Waals surface area contributed by atoms with E-state index >= 15 is 0 Å². The van der Waals surface area contributed by atoms with E-state index < -0.39 is 11.7 Å². The van der Waals surface area contributed by atoms with Crippen molar-refractivity contribution in [3.63, 3.8) is 0 Å². The molecule has 1 aromatic carbocycles. The Morgan fingerprint density at radius 3 is 2.68 bits per heavy atom. The summed E-state index contributed by atoms with van der Waals surface area (Å²) in [7, 11) is 0. The molecule has 0 aliphatic heterocycles. The van der Waals surface area contributed by atoms with Crippen LogP contribution in [0.2, 0.25) is 0 Å². The van der Waals surface area contributed by atoms with Crippen molar-refractivity contribution >= 4 is 15.9 Å². The average molecular weight is 335 g/mol. The predicted octanol–water partition coefficient (Wildman–Crippen LogP) is 3.62. The van der Waals surface area contributed by atoms with Crippen LogP contribution in [-0.4, -0.2) is 11.5 Å². The average Bonchev–Trinajstić information content (AvgIpc) is 2.77. The third-order valence-electron chi connectivity index (χ3n) is 2.47. The molecule has 0 aliphatic rings. The van der Waals surface area contributed by atoms with Crippen LogP contribution in [0.5, 0.6) is 0 Å². The van der Waals surface area contributed by atoms with E-state index in [4.69, 9.17) is 10.2 Å². The molecule has 1 aromatic heterocycles. The summed E-state index contributed by atoms with van der Waals surface area (Å²) < 4.78 is 43.7. The summed E-state index contributed by atoms with van der Waals surface area (Å²) in [4.78, 5) is 3.96. The standard InChI is InChI=1S/C12H10BrF3N2O/c13-9-2-1-7(5-8(9)12(14,15)16)10-6-18-11(19-10)3-4-17/h1-2,5-6H,3-4,17H2. The zero-order chi connectivity index (χ0) is 14.0. The van der Waals surface area contributed by atoms with E-state index in [-0.39, 0.29) is 4.47 Å². The highest BCUT2D eigenvalue weighted by atomic mass is 79.9. The summed E-state index contributed by atoms with van der Waals surface area (Å²) in [6, 6.07) is 3.90. The number of nitrogens with zero attached hydrogens (tertiary/aromatic N) is 1. The minimum Gasteiger partial charge on any atom is -0.441 e. The summed E-state index contributed by atoms with van der Waals surface area (Å²) in [5, 5.41) is 0. The zero-order valence-corrected chi connectivity index (χ0v) is 11.3. The molecule has 0 spiro atoms. The topological polar surface area (TPSA) is 52.0 Å². The molecule has 0 unspecified atom stereocenters. The second-order valence-electron chi connectivity index (χ2n) is 3.85. The Morgan fingerprint density at radius 1 is 1.32 bits per heavy atom. The zero-order valence-electron chi connectivity index (χ0n) is 9.67. The van der Waals surface area contributed by atoms with E-state index in [2.05, 4.69) is 20.9 Å². The van der Waals surface area contributed by atoms with Crippen LogP contribution in [0.4, 0.5) is 13.2 Å². The van der Waals surface area contributed by atoms with Crippen LogP contribution in [-0.2, 0) is 12.6 Å². The second kappa shape index (κ2) is 5.34. The number of oxazole rings is 1. The van der Waals surface area contributed by atoms with Crippen LogP contribution in [0.1, 0.15) is 11.5 Å². The minimum absolute atomic E-state index is 0.00885. The van der Waals surface area contributed by atoms with Crippen molar-refractivity contribution < 1.29 is 17.6 Å². The van der Waals surface area contributed by atoms with E-state index in [1.807, 2.05) is 0 Å². The van der Waals surface area contributed by atoms with E-state index in [9.17, 15) is 13.2 Å². The molecule has 0 bridgehead atoms. The molecular formula is C12H10BrF3N2O. The lowest BCUT2D eigenvalue weighted by atomic mass is 10.1. The van der Waals surface area contributed by atoms with Crippen LogP contribution >= 0.6 is 15.9 Å².